The lowest BCUT2D eigenvalue weighted by atomic mass is 10.1. The van der Waals surface area contributed by atoms with E-state index >= 15 is 0 Å². The van der Waals surface area contributed by atoms with Gasteiger partial charge in [0, 0.05) is 18.8 Å². The van der Waals surface area contributed by atoms with Gasteiger partial charge in [0.05, 0.1) is 31.9 Å². The second-order valence-electron chi connectivity index (χ2n) is 6.79. The van der Waals surface area contributed by atoms with E-state index in [1.54, 1.807) is 0 Å². The summed E-state index contributed by atoms with van der Waals surface area (Å²) in [6.07, 6.45) is 1.89. The van der Waals surface area contributed by atoms with E-state index in [-0.39, 0.29) is 13.0 Å². The molecule has 0 amide bonds. The molecule has 0 saturated heterocycles. The maximum absolute atomic E-state index is 10.4. The molecule has 1 aliphatic heterocycles. The predicted molar refractivity (Wildman–Crippen MR) is 110 cm³/mol. The van der Waals surface area contributed by atoms with E-state index in [4.69, 9.17) is 14.6 Å². The molecule has 0 aliphatic carbocycles. The van der Waals surface area contributed by atoms with E-state index < -0.39 is 5.97 Å². The van der Waals surface area contributed by atoms with Crippen molar-refractivity contribution in [2.75, 3.05) is 49.7 Å². The van der Waals surface area contributed by atoms with Crippen molar-refractivity contribution in [2.45, 2.75) is 19.3 Å². The number of ether oxygens (including phenoxy) is 2. The van der Waals surface area contributed by atoms with Crippen LogP contribution >= 0.6 is 0 Å². The zero-order chi connectivity index (χ0) is 19.6. The van der Waals surface area contributed by atoms with Crippen LogP contribution in [0, 0.1) is 0 Å². The van der Waals surface area contributed by atoms with Crippen LogP contribution in [0.5, 0.6) is 5.75 Å². The first kappa shape index (κ1) is 20.0. The number of nitrogens with one attached hydrogen (secondary N) is 1. The van der Waals surface area contributed by atoms with E-state index in [1.165, 1.54) is 11.3 Å². The highest BCUT2D eigenvalue weighted by atomic mass is 16.5. The lowest BCUT2D eigenvalue weighted by Crippen LogP contribution is -2.34. The van der Waals surface area contributed by atoms with Crippen LogP contribution in [0.3, 0.4) is 0 Å². The quantitative estimate of drug-likeness (QED) is 0.579. The second-order valence-corrected chi connectivity index (χ2v) is 6.79. The highest BCUT2D eigenvalue weighted by Gasteiger charge is 2.16. The van der Waals surface area contributed by atoms with Crippen molar-refractivity contribution in [1.82, 2.24) is 0 Å². The van der Waals surface area contributed by atoms with Gasteiger partial charge in [0.25, 0.3) is 0 Å². The predicted octanol–water partition coefficient (Wildman–Crippen LogP) is 3.42. The van der Waals surface area contributed by atoms with Crippen LogP contribution in [0.4, 0.5) is 11.4 Å². The van der Waals surface area contributed by atoms with Crippen LogP contribution < -0.4 is 15.0 Å². The lowest BCUT2D eigenvalue weighted by molar-refractivity contribution is -0.138. The van der Waals surface area contributed by atoms with Gasteiger partial charge in [-0.1, -0.05) is 24.3 Å². The molecule has 2 aromatic carbocycles. The number of para-hydroxylation sites is 2. The molecule has 6 heteroatoms. The van der Waals surface area contributed by atoms with Crippen LogP contribution in [0.2, 0.25) is 0 Å². The zero-order valence-corrected chi connectivity index (χ0v) is 16.1. The summed E-state index contributed by atoms with van der Waals surface area (Å²) in [5.41, 5.74) is 3.48. The topological polar surface area (TPSA) is 71.0 Å². The number of carbonyl (C=O) groups is 1. The molecule has 2 N–H and O–H groups in total. The van der Waals surface area contributed by atoms with Gasteiger partial charge in [-0.3, -0.25) is 4.79 Å². The van der Waals surface area contributed by atoms with Crippen molar-refractivity contribution in [3.05, 3.63) is 54.1 Å². The first-order valence-electron chi connectivity index (χ1n) is 9.81. The summed E-state index contributed by atoms with van der Waals surface area (Å²) >= 11 is 0. The molecule has 0 saturated carbocycles. The number of hydrogen-bond donors (Lipinski definition) is 2. The molecule has 2 aromatic rings. The van der Waals surface area contributed by atoms with Crippen molar-refractivity contribution in [1.29, 1.82) is 0 Å². The number of hydrogen-bond acceptors (Lipinski definition) is 5. The molecule has 3 rings (SSSR count). The number of fused-ring (bicyclic) bond motifs is 1. The van der Waals surface area contributed by atoms with E-state index in [1.807, 2.05) is 12.1 Å². The van der Waals surface area contributed by atoms with Gasteiger partial charge in [0.1, 0.15) is 12.4 Å². The van der Waals surface area contributed by atoms with Gasteiger partial charge in [0.15, 0.2) is 0 Å². The van der Waals surface area contributed by atoms with Crippen molar-refractivity contribution >= 4 is 17.3 Å². The highest BCUT2D eigenvalue weighted by Crippen LogP contribution is 2.30. The van der Waals surface area contributed by atoms with Crippen LogP contribution in [0.15, 0.2) is 48.5 Å². The average Bonchev–Trinajstić information content (AvgIpc) is 2.72. The summed E-state index contributed by atoms with van der Waals surface area (Å²) in [5.74, 6) is 0.150. The largest absolute Gasteiger partial charge is 0.490 e. The van der Waals surface area contributed by atoms with Crippen LogP contribution in [0.1, 0.15) is 18.4 Å². The summed E-state index contributed by atoms with van der Waals surface area (Å²) in [6.45, 7) is 4.39. The molecule has 150 valence electrons. The van der Waals surface area contributed by atoms with E-state index in [9.17, 15) is 4.79 Å². The van der Waals surface area contributed by atoms with Crippen molar-refractivity contribution in [3.8, 4) is 5.75 Å². The summed E-state index contributed by atoms with van der Waals surface area (Å²) in [6, 6.07) is 16.5. The smallest absolute Gasteiger partial charge is 0.305 e. The van der Waals surface area contributed by atoms with Gasteiger partial charge in [0.2, 0.25) is 0 Å². The standard InChI is InChI=1S/C22H28N2O4/c25-22(26)11-16-27-15-10-18-6-8-19(9-7-18)23-12-3-13-24-14-17-28-21-5-2-1-4-20(21)24/h1-2,4-9,23H,3,10-17H2,(H,25,26). The number of benzene rings is 2. The molecule has 0 atom stereocenters. The molecule has 6 nitrogen and oxygen atoms in total. The van der Waals surface area contributed by atoms with Gasteiger partial charge in [-0.2, -0.15) is 0 Å². The number of carboxylic acids is 1. The summed E-state index contributed by atoms with van der Waals surface area (Å²) < 4.78 is 11.0. The molecular formula is C22H28N2O4. The Labute approximate surface area is 166 Å². The fraction of sp³-hybridized carbons (Fsp3) is 0.409. The molecule has 1 heterocycles. The maximum Gasteiger partial charge on any atom is 0.305 e. The first-order valence-corrected chi connectivity index (χ1v) is 9.81. The Kier molecular flexibility index (Phi) is 7.55. The number of nitrogens with zero attached hydrogens (tertiary/aromatic N) is 1. The zero-order valence-electron chi connectivity index (χ0n) is 16.1. The monoisotopic (exact) mass is 384 g/mol. The van der Waals surface area contributed by atoms with Gasteiger partial charge in [-0.15, -0.1) is 0 Å². The summed E-state index contributed by atoms with van der Waals surface area (Å²) in [5, 5.41) is 12.0. The number of aliphatic carboxylic acids is 1. The van der Waals surface area contributed by atoms with E-state index in [2.05, 4.69) is 46.6 Å². The van der Waals surface area contributed by atoms with Gasteiger partial charge < -0.3 is 24.8 Å². The minimum absolute atomic E-state index is 0.0545. The molecule has 28 heavy (non-hydrogen) atoms. The molecule has 1 aliphatic rings. The Balaban J connectivity index is 1.34. The van der Waals surface area contributed by atoms with Crippen LogP contribution in [-0.2, 0) is 16.0 Å². The van der Waals surface area contributed by atoms with Gasteiger partial charge in [-0.05, 0) is 42.7 Å². The fourth-order valence-electron chi connectivity index (χ4n) is 3.20. The summed E-state index contributed by atoms with van der Waals surface area (Å²) in [7, 11) is 0. The average molecular weight is 384 g/mol. The molecule has 0 spiro atoms. The van der Waals surface area contributed by atoms with Crippen LogP contribution in [0.25, 0.3) is 0 Å². The second kappa shape index (κ2) is 10.6. The third-order valence-corrected chi connectivity index (χ3v) is 4.71. The van der Waals surface area contributed by atoms with E-state index in [0.29, 0.717) is 6.61 Å². The van der Waals surface area contributed by atoms with Gasteiger partial charge >= 0.3 is 5.97 Å². The SMILES string of the molecule is O=C(O)CCOCCc1ccc(NCCCN2CCOc3ccccc32)cc1. The van der Waals surface area contributed by atoms with Gasteiger partial charge in [-0.25, -0.2) is 0 Å². The van der Waals surface area contributed by atoms with Crippen LogP contribution in [-0.4, -0.2) is 50.5 Å². The number of anilines is 2. The number of rotatable bonds is 11. The Hall–Kier alpha value is -2.73. The van der Waals surface area contributed by atoms with Crippen molar-refractivity contribution in [3.63, 3.8) is 0 Å². The normalized spacial score (nSPS) is 12.9. The molecule has 0 unspecified atom stereocenters. The third kappa shape index (κ3) is 6.16. The molecule has 0 bridgehead atoms. The Morgan fingerprint density at radius 1 is 1.14 bits per heavy atom. The van der Waals surface area contributed by atoms with E-state index in [0.717, 1.165) is 50.5 Å². The Morgan fingerprint density at radius 3 is 2.79 bits per heavy atom. The fourth-order valence-corrected chi connectivity index (χ4v) is 3.20. The Bertz CT molecular complexity index is 748. The molecule has 0 radical (unpaired) electrons. The molecule has 0 fully saturated rings. The Morgan fingerprint density at radius 2 is 1.96 bits per heavy atom. The summed E-state index contributed by atoms with van der Waals surface area (Å²) in [4.78, 5) is 12.8. The minimum Gasteiger partial charge on any atom is -0.490 e. The molecule has 0 aromatic heterocycles. The van der Waals surface area contributed by atoms with Crippen molar-refractivity contribution < 1.29 is 19.4 Å². The third-order valence-electron chi connectivity index (χ3n) is 4.71. The van der Waals surface area contributed by atoms with Crippen molar-refractivity contribution in [2.24, 2.45) is 0 Å². The lowest BCUT2D eigenvalue weighted by Gasteiger charge is -2.31. The number of carboxylic acid groups (broad SMARTS) is 1. The maximum atomic E-state index is 10.4. The highest BCUT2D eigenvalue weighted by molar-refractivity contribution is 5.66. The first-order chi connectivity index (χ1) is 13.7. The minimum atomic E-state index is -0.826. The molecular weight excluding hydrogens is 356 g/mol.